The maximum absolute atomic E-state index is 11.9. The number of benzene rings is 1. The van der Waals surface area contributed by atoms with Crippen molar-refractivity contribution in [2.45, 2.75) is 13.8 Å². The SMILES string of the molecule is CC(C)C(=O)c1ncc(-c2cccc(C#N)c2)cc1N. The number of nitrogens with zero attached hydrogens (tertiary/aromatic N) is 2. The molecule has 1 heterocycles. The van der Waals surface area contributed by atoms with E-state index in [1.54, 1.807) is 30.5 Å². The van der Waals surface area contributed by atoms with Crippen molar-refractivity contribution in [3.63, 3.8) is 0 Å². The van der Waals surface area contributed by atoms with E-state index in [1.807, 2.05) is 19.9 Å². The fraction of sp³-hybridized carbons (Fsp3) is 0.188. The Morgan fingerprint density at radius 2 is 2.05 bits per heavy atom. The van der Waals surface area contributed by atoms with Gasteiger partial charge in [0.25, 0.3) is 0 Å². The van der Waals surface area contributed by atoms with E-state index in [0.717, 1.165) is 11.1 Å². The van der Waals surface area contributed by atoms with Crippen molar-refractivity contribution >= 4 is 11.5 Å². The van der Waals surface area contributed by atoms with Gasteiger partial charge in [0, 0.05) is 17.7 Å². The predicted molar refractivity (Wildman–Crippen MR) is 78.0 cm³/mol. The Morgan fingerprint density at radius 3 is 2.65 bits per heavy atom. The molecule has 2 N–H and O–H groups in total. The molecule has 0 aliphatic carbocycles. The van der Waals surface area contributed by atoms with E-state index < -0.39 is 0 Å². The molecule has 0 spiro atoms. The number of hydrogen-bond acceptors (Lipinski definition) is 4. The molecule has 0 aliphatic rings. The van der Waals surface area contributed by atoms with Crippen molar-refractivity contribution < 1.29 is 4.79 Å². The lowest BCUT2D eigenvalue weighted by Gasteiger charge is -2.09. The lowest BCUT2D eigenvalue weighted by molar-refractivity contribution is 0.0935. The monoisotopic (exact) mass is 265 g/mol. The van der Waals surface area contributed by atoms with Gasteiger partial charge >= 0.3 is 0 Å². The van der Waals surface area contributed by atoms with Crippen LogP contribution in [0.1, 0.15) is 29.9 Å². The summed E-state index contributed by atoms with van der Waals surface area (Å²) in [5, 5.41) is 8.91. The Kier molecular flexibility index (Phi) is 3.81. The molecule has 2 aromatic rings. The Bertz CT molecular complexity index is 699. The number of nitrogen functional groups attached to an aromatic ring is 1. The molecule has 0 radical (unpaired) electrons. The maximum atomic E-state index is 11.9. The van der Waals surface area contributed by atoms with Crippen LogP contribution in [0, 0.1) is 17.2 Å². The van der Waals surface area contributed by atoms with Gasteiger partial charge in [-0.3, -0.25) is 9.78 Å². The first-order chi connectivity index (χ1) is 9.52. The van der Waals surface area contributed by atoms with E-state index in [9.17, 15) is 4.79 Å². The lowest BCUT2D eigenvalue weighted by Crippen LogP contribution is -2.12. The normalized spacial score (nSPS) is 10.3. The molecule has 0 bridgehead atoms. The van der Waals surface area contributed by atoms with Crippen molar-refractivity contribution in [3.05, 3.63) is 47.8 Å². The topological polar surface area (TPSA) is 79.8 Å². The van der Waals surface area contributed by atoms with E-state index in [1.165, 1.54) is 0 Å². The van der Waals surface area contributed by atoms with Gasteiger partial charge < -0.3 is 5.73 Å². The van der Waals surface area contributed by atoms with Gasteiger partial charge in [0.2, 0.25) is 0 Å². The van der Waals surface area contributed by atoms with Crippen molar-refractivity contribution in [1.29, 1.82) is 5.26 Å². The number of Topliss-reactive ketones (excluding diaryl/α,β-unsaturated/α-hetero) is 1. The second kappa shape index (κ2) is 5.54. The van der Waals surface area contributed by atoms with Crippen LogP contribution in [-0.2, 0) is 0 Å². The number of hydrogen-bond donors (Lipinski definition) is 1. The number of ketones is 1. The number of aromatic nitrogens is 1. The summed E-state index contributed by atoms with van der Waals surface area (Å²) in [6.07, 6.45) is 1.61. The molecule has 0 atom stereocenters. The molecule has 1 aromatic carbocycles. The third-order valence-electron chi connectivity index (χ3n) is 3.00. The molecule has 0 fully saturated rings. The lowest BCUT2D eigenvalue weighted by atomic mass is 10.0. The highest BCUT2D eigenvalue weighted by Crippen LogP contribution is 2.24. The number of nitrogens with two attached hydrogens (primary N) is 1. The fourth-order valence-corrected chi connectivity index (χ4v) is 1.89. The average Bonchev–Trinajstić information content (AvgIpc) is 2.46. The van der Waals surface area contributed by atoms with E-state index in [0.29, 0.717) is 16.9 Å². The van der Waals surface area contributed by atoms with Gasteiger partial charge in [0.1, 0.15) is 5.69 Å². The van der Waals surface area contributed by atoms with Crippen LogP contribution in [0.15, 0.2) is 36.5 Å². The fourth-order valence-electron chi connectivity index (χ4n) is 1.89. The molecular formula is C16H15N3O. The summed E-state index contributed by atoms with van der Waals surface area (Å²) in [5.74, 6) is -0.211. The van der Waals surface area contributed by atoms with Gasteiger partial charge in [-0.25, -0.2) is 0 Å². The van der Waals surface area contributed by atoms with Gasteiger partial charge in [-0.05, 0) is 23.8 Å². The zero-order valence-corrected chi connectivity index (χ0v) is 11.4. The Balaban J connectivity index is 2.43. The zero-order valence-electron chi connectivity index (χ0n) is 11.4. The molecule has 4 heteroatoms. The van der Waals surface area contributed by atoms with Crippen LogP contribution in [-0.4, -0.2) is 10.8 Å². The smallest absolute Gasteiger partial charge is 0.185 e. The standard InChI is InChI=1S/C16H15N3O/c1-10(2)16(20)15-14(18)7-13(9-19-15)12-5-3-4-11(6-12)8-17/h3-7,9-10H,18H2,1-2H3. The van der Waals surface area contributed by atoms with E-state index in [-0.39, 0.29) is 11.7 Å². The van der Waals surface area contributed by atoms with E-state index >= 15 is 0 Å². The van der Waals surface area contributed by atoms with Crippen molar-refractivity contribution in [2.75, 3.05) is 5.73 Å². The molecule has 0 saturated heterocycles. The number of nitriles is 1. The highest BCUT2D eigenvalue weighted by atomic mass is 16.1. The molecule has 20 heavy (non-hydrogen) atoms. The first-order valence-corrected chi connectivity index (χ1v) is 6.33. The van der Waals surface area contributed by atoms with Gasteiger partial charge in [0.05, 0.1) is 17.3 Å². The van der Waals surface area contributed by atoms with Crippen LogP contribution >= 0.6 is 0 Å². The van der Waals surface area contributed by atoms with Gasteiger partial charge in [0.15, 0.2) is 5.78 Å². The molecule has 1 aromatic heterocycles. The van der Waals surface area contributed by atoms with Crippen molar-refractivity contribution in [3.8, 4) is 17.2 Å². The summed E-state index contributed by atoms with van der Waals surface area (Å²) in [7, 11) is 0. The molecule has 100 valence electrons. The van der Waals surface area contributed by atoms with E-state index in [2.05, 4.69) is 11.1 Å². The van der Waals surface area contributed by atoms with Gasteiger partial charge in [-0.1, -0.05) is 26.0 Å². The second-order valence-electron chi connectivity index (χ2n) is 4.87. The number of pyridine rings is 1. The summed E-state index contributed by atoms with van der Waals surface area (Å²) in [5.41, 5.74) is 8.81. The number of anilines is 1. The third kappa shape index (κ3) is 2.67. The molecule has 0 unspecified atom stereocenters. The summed E-state index contributed by atoms with van der Waals surface area (Å²) in [6.45, 7) is 3.63. The van der Waals surface area contributed by atoms with Crippen LogP contribution in [0.2, 0.25) is 0 Å². The van der Waals surface area contributed by atoms with Gasteiger partial charge in [-0.15, -0.1) is 0 Å². The summed E-state index contributed by atoms with van der Waals surface area (Å²) in [4.78, 5) is 16.1. The maximum Gasteiger partial charge on any atom is 0.185 e. The zero-order chi connectivity index (χ0) is 14.7. The minimum absolute atomic E-state index is 0.0696. The van der Waals surface area contributed by atoms with Crippen LogP contribution in [0.25, 0.3) is 11.1 Å². The minimum Gasteiger partial charge on any atom is -0.397 e. The van der Waals surface area contributed by atoms with Crippen LogP contribution < -0.4 is 5.73 Å². The molecule has 0 aliphatic heterocycles. The molecule has 4 nitrogen and oxygen atoms in total. The molecular weight excluding hydrogens is 250 g/mol. The van der Waals surface area contributed by atoms with Crippen LogP contribution in [0.5, 0.6) is 0 Å². The largest absolute Gasteiger partial charge is 0.397 e. The van der Waals surface area contributed by atoms with Crippen LogP contribution in [0.3, 0.4) is 0 Å². The summed E-state index contributed by atoms with van der Waals surface area (Å²) in [6, 6.07) is 11.0. The number of rotatable bonds is 3. The Hall–Kier alpha value is -2.67. The molecule has 0 amide bonds. The van der Waals surface area contributed by atoms with Gasteiger partial charge in [-0.2, -0.15) is 5.26 Å². The first-order valence-electron chi connectivity index (χ1n) is 6.33. The number of carbonyl (C=O) groups is 1. The predicted octanol–water partition coefficient (Wildman–Crippen LogP) is 3.04. The van der Waals surface area contributed by atoms with E-state index in [4.69, 9.17) is 11.0 Å². The van der Waals surface area contributed by atoms with Crippen LogP contribution in [0.4, 0.5) is 5.69 Å². The quantitative estimate of drug-likeness (QED) is 0.865. The van der Waals surface area contributed by atoms with Crippen molar-refractivity contribution in [1.82, 2.24) is 4.98 Å². The highest BCUT2D eigenvalue weighted by Gasteiger charge is 2.15. The minimum atomic E-state index is -0.141. The summed E-state index contributed by atoms with van der Waals surface area (Å²) < 4.78 is 0. The Morgan fingerprint density at radius 1 is 1.30 bits per heavy atom. The molecule has 2 rings (SSSR count). The summed E-state index contributed by atoms with van der Waals surface area (Å²) >= 11 is 0. The Labute approximate surface area is 117 Å². The first kappa shape index (κ1) is 13.8. The second-order valence-corrected chi connectivity index (χ2v) is 4.87. The highest BCUT2D eigenvalue weighted by molar-refractivity contribution is 6.00. The number of carbonyl (C=O) groups excluding carboxylic acids is 1. The molecule has 0 saturated carbocycles. The average molecular weight is 265 g/mol. The van der Waals surface area contributed by atoms with Crippen molar-refractivity contribution in [2.24, 2.45) is 5.92 Å². The third-order valence-corrected chi connectivity index (χ3v) is 3.00.